The first-order chi connectivity index (χ1) is 15.3. The molecule has 32 heavy (non-hydrogen) atoms. The highest BCUT2D eigenvalue weighted by atomic mass is 16.5. The van der Waals surface area contributed by atoms with Crippen LogP contribution in [-0.2, 0) is 14.3 Å². The molecule has 0 radical (unpaired) electrons. The van der Waals surface area contributed by atoms with E-state index in [1.54, 1.807) is 0 Å². The second-order valence-corrected chi connectivity index (χ2v) is 6.95. The highest BCUT2D eigenvalue weighted by molar-refractivity contribution is 6.34. The number of aliphatic hydroxyl groups excluding tert-OH is 1. The monoisotopic (exact) mass is 435 g/mol. The van der Waals surface area contributed by atoms with E-state index in [1.165, 1.54) is 49.6 Å². The van der Waals surface area contributed by atoms with Gasteiger partial charge in [0.1, 0.15) is 5.70 Å². The van der Waals surface area contributed by atoms with Crippen LogP contribution in [0.25, 0.3) is 0 Å². The van der Waals surface area contributed by atoms with Gasteiger partial charge in [-0.1, -0.05) is 0 Å². The van der Waals surface area contributed by atoms with E-state index in [2.05, 4.69) is 10.1 Å². The number of hydrogen-bond donors (Lipinski definition) is 2. The molecule has 0 unspecified atom stereocenters. The van der Waals surface area contributed by atoms with Crippen LogP contribution in [0.15, 0.2) is 54.2 Å². The first kappa shape index (κ1) is 20.9. The van der Waals surface area contributed by atoms with Crippen LogP contribution in [0.3, 0.4) is 0 Å². The average molecular weight is 435 g/mol. The number of benzene rings is 2. The van der Waals surface area contributed by atoms with Gasteiger partial charge in [-0.15, -0.1) is 0 Å². The van der Waals surface area contributed by atoms with E-state index in [-0.39, 0.29) is 41.2 Å². The fourth-order valence-corrected chi connectivity index (χ4v) is 3.48. The Kier molecular flexibility index (Phi) is 5.29. The van der Waals surface area contributed by atoms with Crippen LogP contribution in [0, 0.1) is 0 Å². The van der Waals surface area contributed by atoms with Gasteiger partial charge in [0.15, 0.2) is 0 Å². The van der Waals surface area contributed by atoms with Gasteiger partial charge in [0, 0.05) is 11.8 Å². The van der Waals surface area contributed by atoms with Crippen molar-refractivity contribution in [3.05, 3.63) is 70.9 Å². The van der Waals surface area contributed by atoms with E-state index in [9.17, 15) is 24.0 Å². The summed E-state index contributed by atoms with van der Waals surface area (Å²) < 4.78 is 4.64. The molecule has 0 aliphatic carbocycles. The molecule has 4 rings (SSSR count). The molecule has 0 saturated heterocycles. The molecule has 162 valence electrons. The Morgan fingerprint density at radius 3 is 2.31 bits per heavy atom. The number of hydrogen-bond acceptors (Lipinski definition) is 8. The summed E-state index contributed by atoms with van der Waals surface area (Å²) in [4.78, 5) is 63.4. The first-order valence-corrected chi connectivity index (χ1v) is 9.52. The van der Waals surface area contributed by atoms with Crippen LogP contribution in [0.5, 0.6) is 0 Å². The summed E-state index contributed by atoms with van der Waals surface area (Å²) in [6.45, 7) is -0.481. The van der Waals surface area contributed by atoms with Gasteiger partial charge in [-0.25, -0.2) is 9.69 Å². The van der Waals surface area contributed by atoms with Crippen molar-refractivity contribution in [1.29, 1.82) is 0 Å². The van der Waals surface area contributed by atoms with Crippen LogP contribution in [-0.4, -0.2) is 59.9 Å². The van der Waals surface area contributed by atoms with Crippen molar-refractivity contribution in [2.24, 2.45) is 0 Å². The van der Waals surface area contributed by atoms with Crippen molar-refractivity contribution < 1.29 is 33.8 Å². The van der Waals surface area contributed by atoms with Gasteiger partial charge in [-0.2, -0.15) is 0 Å². The van der Waals surface area contributed by atoms with E-state index in [0.717, 1.165) is 15.9 Å². The molecule has 2 aromatic carbocycles. The minimum Gasteiger partial charge on any atom is -0.465 e. The predicted octanol–water partition coefficient (Wildman–Crippen LogP) is 0.931. The number of esters is 1. The van der Waals surface area contributed by atoms with Crippen LogP contribution >= 0.6 is 0 Å². The third-order valence-corrected chi connectivity index (χ3v) is 5.05. The molecule has 0 atom stereocenters. The number of nitrogens with zero attached hydrogens (tertiary/aromatic N) is 2. The Labute approximate surface area is 181 Å². The fourth-order valence-electron chi connectivity index (χ4n) is 3.48. The minimum atomic E-state index is -0.598. The number of ether oxygens (including phenoxy) is 1. The molecule has 10 heteroatoms. The average Bonchev–Trinajstić information content (AvgIpc) is 3.20. The lowest BCUT2D eigenvalue weighted by atomic mass is 10.1. The summed E-state index contributed by atoms with van der Waals surface area (Å²) in [7, 11) is 1.25. The molecule has 0 bridgehead atoms. The van der Waals surface area contributed by atoms with Crippen molar-refractivity contribution in [3.63, 3.8) is 0 Å². The van der Waals surface area contributed by atoms with Gasteiger partial charge in [-0.3, -0.25) is 24.1 Å². The molecule has 0 fully saturated rings. The maximum atomic E-state index is 12.9. The summed E-state index contributed by atoms with van der Waals surface area (Å²) >= 11 is 0. The third kappa shape index (κ3) is 3.42. The first-order valence-electron chi connectivity index (χ1n) is 9.52. The topological polar surface area (TPSA) is 133 Å². The van der Waals surface area contributed by atoms with Gasteiger partial charge in [0.2, 0.25) is 0 Å². The van der Waals surface area contributed by atoms with Gasteiger partial charge in [-0.05, 0) is 42.5 Å². The molecule has 0 spiro atoms. The van der Waals surface area contributed by atoms with Crippen molar-refractivity contribution in [2.45, 2.75) is 0 Å². The second-order valence-electron chi connectivity index (χ2n) is 6.95. The third-order valence-electron chi connectivity index (χ3n) is 5.05. The van der Waals surface area contributed by atoms with E-state index in [0.29, 0.717) is 5.69 Å². The lowest BCUT2D eigenvalue weighted by molar-refractivity contribution is -0.137. The number of nitrogens with one attached hydrogen (secondary N) is 1. The maximum absolute atomic E-state index is 12.9. The number of aliphatic hydroxyl groups is 1. The quantitative estimate of drug-likeness (QED) is 0.506. The smallest absolute Gasteiger partial charge is 0.337 e. The molecule has 2 aromatic rings. The van der Waals surface area contributed by atoms with Gasteiger partial charge < -0.3 is 15.2 Å². The summed E-state index contributed by atoms with van der Waals surface area (Å²) in [6, 6.07) is 10.2. The Morgan fingerprint density at radius 2 is 1.66 bits per heavy atom. The molecule has 4 amide bonds. The zero-order chi connectivity index (χ0) is 23.0. The highest BCUT2D eigenvalue weighted by Gasteiger charge is 2.37. The highest BCUT2D eigenvalue weighted by Crippen LogP contribution is 2.31. The zero-order valence-electron chi connectivity index (χ0n) is 16.8. The minimum absolute atomic E-state index is 0.00423. The summed E-state index contributed by atoms with van der Waals surface area (Å²) in [5, 5.41) is 11.8. The normalized spacial score (nSPS) is 15.2. The molecular formula is C22H17N3O7. The number of rotatable bonds is 6. The Balaban J connectivity index is 1.57. The van der Waals surface area contributed by atoms with Gasteiger partial charge in [0.05, 0.1) is 42.6 Å². The fraction of sp³-hybridized carbons (Fsp3) is 0.136. The number of imide groups is 2. The number of anilines is 2. The van der Waals surface area contributed by atoms with E-state index in [1.807, 2.05) is 0 Å². The second kappa shape index (κ2) is 8.08. The Morgan fingerprint density at radius 1 is 0.969 bits per heavy atom. The largest absolute Gasteiger partial charge is 0.465 e. The predicted molar refractivity (Wildman–Crippen MR) is 111 cm³/mol. The molecule has 0 aromatic heterocycles. The Hall–Kier alpha value is -4.31. The van der Waals surface area contributed by atoms with Crippen molar-refractivity contribution >= 4 is 41.0 Å². The van der Waals surface area contributed by atoms with Crippen molar-refractivity contribution in [1.82, 2.24) is 4.90 Å². The number of β-amino-alcohol motifs (C(OH)–C–C–N with tert-alkyl or cyclic N) is 1. The number of methoxy groups -OCH3 is 1. The van der Waals surface area contributed by atoms with Crippen molar-refractivity contribution in [2.75, 3.05) is 30.5 Å². The van der Waals surface area contributed by atoms with Gasteiger partial charge in [0.25, 0.3) is 23.6 Å². The molecule has 0 saturated carbocycles. The Bertz CT molecular complexity index is 1200. The zero-order valence-corrected chi connectivity index (χ0v) is 16.8. The lowest BCUT2D eigenvalue weighted by Gasteiger charge is -2.14. The van der Waals surface area contributed by atoms with Crippen LogP contribution in [0.1, 0.15) is 31.1 Å². The standard InChI is InChI=1S/C22H17N3O7/c1-32-22(31)12-2-5-14(6-3-12)25-19(28)15-7-4-13(10-16(15)20(25)29)23-17-11-18(27)24(8-9-26)21(17)30/h2-7,10-11,23,26H,8-9H2,1H3. The summed E-state index contributed by atoms with van der Waals surface area (Å²) in [5.41, 5.74) is 1.21. The van der Waals surface area contributed by atoms with E-state index >= 15 is 0 Å². The van der Waals surface area contributed by atoms with Crippen LogP contribution in [0.4, 0.5) is 11.4 Å². The van der Waals surface area contributed by atoms with Crippen molar-refractivity contribution in [3.8, 4) is 0 Å². The van der Waals surface area contributed by atoms with Crippen LogP contribution in [0.2, 0.25) is 0 Å². The molecular weight excluding hydrogens is 418 g/mol. The summed E-state index contributed by atoms with van der Waals surface area (Å²) in [6.07, 6.45) is 1.10. The molecule has 2 N–H and O–H groups in total. The molecule has 2 heterocycles. The maximum Gasteiger partial charge on any atom is 0.337 e. The molecule has 2 aliphatic rings. The molecule has 10 nitrogen and oxygen atoms in total. The number of carbonyl (C=O) groups excluding carboxylic acids is 5. The van der Waals surface area contributed by atoms with E-state index < -0.39 is 29.6 Å². The molecule has 2 aliphatic heterocycles. The lowest BCUT2D eigenvalue weighted by Crippen LogP contribution is -2.34. The van der Waals surface area contributed by atoms with E-state index in [4.69, 9.17) is 5.11 Å². The van der Waals surface area contributed by atoms with Crippen LogP contribution < -0.4 is 10.2 Å². The number of carbonyl (C=O) groups is 5. The van der Waals surface area contributed by atoms with Gasteiger partial charge >= 0.3 is 5.97 Å². The number of amides is 4. The SMILES string of the molecule is COC(=O)c1ccc(N2C(=O)c3ccc(NC4=CC(=O)N(CCO)C4=O)cc3C2=O)cc1. The number of fused-ring (bicyclic) bond motifs is 1. The summed E-state index contributed by atoms with van der Waals surface area (Å²) in [5.74, 6) is -2.78.